The average molecular weight is 228 g/mol. The summed E-state index contributed by atoms with van der Waals surface area (Å²) in [6.07, 6.45) is 3.79. The van der Waals surface area contributed by atoms with Gasteiger partial charge in [0.25, 0.3) is 0 Å². The van der Waals surface area contributed by atoms with E-state index in [0.717, 1.165) is 26.3 Å². The Bertz CT molecular complexity index is 169. The molecular formula is C13H28N2O. The van der Waals surface area contributed by atoms with Crippen molar-refractivity contribution < 1.29 is 4.74 Å². The monoisotopic (exact) mass is 228 g/mol. The lowest BCUT2D eigenvalue weighted by Crippen LogP contribution is -2.41. The average Bonchev–Trinajstić information content (AvgIpc) is 2.28. The number of nitrogens with zero attached hydrogens (tertiary/aromatic N) is 1. The molecule has 0 spiro atoms. The first kappa shape index (κ1) is 13.9. The Morgan fingerprint density at radius 2 is 1.75 bits per heavy atom. The number of rotatable bonds is 7. The lowest BCUT2D eigenvalue weighted by atomic mass is 10.1. The molecular weight excluding hydrogens is 200 g/mol. The Balaban J connectivity index is 2.06. The molecule has 1 rings (SSSR count). The van der Waals surface area contributed by atoms with Gasteiger partial charge in [-0.05, 0) is 33.2 Å². The molecule has 0 aliphatic carbocycles. The minimum atomic E-state index is 0.629. The molecule has 3 nitrogen and oxygen atoms in total. The molecule has 0 aromatic rings. The zero-order valence-electron chi connectivity index (χ0n) is 11.2. The van der Waals surface area contributed by atoms with Gasteiger partial charge in [-0.2, -0.15) is 0 Å². The van der Waals surface area contributed by atoms with Crippen molar-refractivity contribution in [2.45, 2.75) is 52.1 Å². The molecule has 0 bridgehead atoms. The van der Waals surface area contributed by atoms with Crippen LogP contribution in [-0.2, 0) is 4.74 Å². The van der Waals surface area contributed by atoms with Crippen LogP contribution in [0.2, 0.25) is 0 Å². The van der Waals surface area contributed by atoms with Crippen molar-refractivity contribution in [3.8, 4) is 0 Å². The minimum Gasteiger partial charge on any atom is -0.379 e. The van der Waals surface area contributed by atoms with Crippen LogP contribution in [0.15, 0.2) is 0 Å². The van der Waals surface area contributed by atoms with Gasteiger partial charge in [0.05, 0.1) is 13.2 Å². The van der Waals surface area contributed by atoms with E-state index >= 15 is 0 Å². The normalized spacial score (nSPS) is 21.9. The topological polar surface area (TPSA) is 24.5 Å². The summed E-state index contributed by atoms with van der Waals surface area (Å²) >= 11 is 0. The molecule has 2 atom stereocenters. The Morgan fingerprint density at radius 3 is 2.38 bits per heavy atom. The molecule has 2 unspecified atom stereocenters. The maximum Gasteiger partial charge on any atom is 0.0594 e. The molecule has 1 fully saturated rings. The highest BCUT2D eigenvalue weighted by atomic mass is 16.5. The Labute approximate surface area is 101 Å². The predicted molar refractivity (Wildman–Crippen MR) is 68.8 cm³/mol. The first-order chi connectivity index (χ1) is 7.72. The van der Waals surface area contributed by atoms with Crippen LogP contribution >= 0.6 is 0 Å². The smallest absolute Gasteiger partial charge is 0.0594 e. The molecule has 3 heteroatoms. The van der Waals surface area contributed by atoms with Gasteiger partial charge in [0.2, 0.25) is 0 Å². The first-order valence-corrected chi connectivity index (χ1v) is 6.78. The summed E-state index contributed by atoms with van der Waals surface area (Å²) in [6.45, 7) is 12.1. The fraction of sp³-hybridized carbons (Fsp3) is 1.00. The van der Waals surface area contributed by atoms with Gasteiger partial charge in [0.1, 0.15) is 0 Å². The van der Waals surface area contributed by atoms with Crippen LogP contribution in [-0.4, -0.2) is 49.8 Å². The van der Waals surface area contributed by atoms with Crippen molar-refractivity contribution in [3.05, 3.63) is 0 Å². The van der Waals surface area contributed by atoms with Crippen molar-refractivity contribution in [2.24, 2.45) is 0 Å². The zero-order chi connectivity index (χ0) is 11.8. The highest BCUT2D eigenvalue weighted by molar-refractivity contribution is 4.70. The number of morpholine rings is 1. The summed E-state index contributed by atoms with van der Waals surface area (Å²) in [5, 5.41) is 3.66. The second-order valence-corrected chi connectivity index (χ2v) is 5.00. The highest BCUT2D eigenvalue weighted by Crippen LogP contribution is 2.03. The molecule has 0 aromatic heterocycles. The summed E-state index contributed by atoms with van der Waals surface area (Å²) < 4.78 is 5.35. The third-order valence-electron chi connectivity index (χ3n) is 3.27. The number of hydrogen-bond acceptors (Lipinski definition) is 3. The van der Waals surface area contributed by atoms with E-state index in [1.807, 2.05) is 0 Å². The van der Waals surface area contributed by atoms with Gasteiger partial charge in [0, 0.05) is 25.2 Å². The SMILES string of the molecule is CCCC(C)NC(C)CCN1CCOCC1. The second kappa shape index (κ2) is 8.04. The Hall–Kier alpha value is -0.120. The number of hydrogen-bond donors (Lipinski definition) is 1. The molecule has 96 valence electrons. The van der Waals surface area contributed by atoms with Crippen LogP contribution in [0.4, 0.5) is 0 Å². The third-order valence-corrected chi connectivity index (χ3v) is 3.27. The summed E-state index contributed by atoms with van der Waals surface area (Å²) in [5.41, 5.74) is 0. The molecule has 0 aromatic carbocycles. The van der Waals surface area contributed by atoms with Crippen molar-refractivity contribution in [2.75, 3.05) is 32.8 Å². The van der Waals surface area contributed by atoms with Crippen molar-refractivity contribution in [1.29, 1.82) is 0 Å². The van der Waals surface area contributed by atoms with E-state index in [1.165, 1.54) is 25.8 Å². The van der Waals surface area contributed by atoms with E-state index in [2.05, 4.69) is 31.0 Å². The maximum atomic E-state index is 5.35. The predicted octanol–water partition coefficient (Wildman–Crippen LogP) is 1.88. The second-order valence-electron chi connectivity index (χ2n) is 5.00. The van der Waals surface area contributed by atoms with Crippen molar-refractivity contribution >= 4 is 0 Å². The van der Waals surface area contributed by atoms with Crippen LogP contribution in [0.5, 0.6) is 0 Å². The van der Waals surface area contributed by atoms with E-state index in [1.54, 1.807) is 0 Å². The van der Waals surface area contributed by atoms with E-state index in [9.17, 15) is 0 Å². The van der Waals surface area contributed by atoms with Gasteiger partial charge >= 0.3 is 0 Å². The Morgan fingerprint density at radius 1 is 1.12 bits per heavy atom. The number of ether oxygens (including phenoxy) is 1. The molecule has 1 aliphatic heterocycles. The third kappa shape index (κ3) is 5.83. The summed E-state index contributed by atoms with van der Waals surface area (Å²) in [6, 6.07) is 1.29. The molecule has 1 N–H and O–H groups in total. The van der Waals surface area contributed by atoms with E-state index < -0.39 is 0 Å². The molecule has 1 heterocycles. The molecule has 0 radical (unpaired) electrons. The van der Waals surface area contributed by atoms with E-state index in [-0.39, 0.29) is 0 Å². The summed E-state index contributed by atoms with van der Waals surface area (Å²) in [7, 11) is 0. The van der Waals surface area contributed by atoms with Gasteiger partial charge in [-0.3, -0.25) is 4.90 Å². The standard InChI is InChI=1S/C13H28N2O/c1-4-5-12(2)14-13(3)6-7-15-8-10-16-11-9-15/h12-14H,4-11H2,1-3H3. The van der Waals surface area contributed by atoms with E-state index in [0.29, 0.717) is 12.1 Å². The largest absolute Gasteiger partial charge is 0.379 e. The molecule has 0 amide bonds. The quantitative estimate of drug-likeness (QED) is 0.720. The van der Waals surface area contributed by atoms with Crippen molar-refractivity contribution in [1.82, 2.24) is 10.2 Å². The van der Waals surface area contributed by atoms with Crippen LogP contribution in [0.25, 0.3) is 0 Å². The van der Waals surface area contributed by atoms with Crippen LogP contribution < -0.4 is 5.32 Å². The zero-order valence-corrected chi connectivity index (χ0v) is 11.2. The summed E-state index contributed by atoms with van der Waals surface area (Å²) in [4.78, 5) is 2.51. The molecule has 1 aliphatic rings. The van der Waals surface area contributed by atoms with Crippen LogP contribution in [0.3, 0.4) is 0 Å². The van der Waals surface area contributed by atoms with Gasteiger partial charge in [-0.25, -0.2) is 0 Å². The van der Waals surface area contributed by atoms with Crippen LogP contribution in [0, 0.1) is 0 Å². The van der Waals surface area contributed by atoms with Crippen molar-refractivity contribution in [3.63, 3.8) is 0 Å². The lowest BCUT2D eigenvalue weighted by molar-refractivity contribution is 0.0362. The summed E-state index contributed by atoms with van der Waals surface area (Å²) in [5.74, 6) is 0. The molecule has 1 saturated heterocycles. The van der Waals surface area contributed by atoms with Gasteiger partial charge < -0.3 is 10.1 Å². The molecule has 0 saturated carbocycles. The minimum absolute atomic E-state index is 0.629. The Kier molecular flexibility index (Phi) is 7.01. The number of nitrogens with one attached hydrogen (secondary N) is 1. The van der Waals surface area contributed by atoms with E-state index in [4.69, 9.17) is 4.74 Å². The lowest BCUT2D eigenvalue weighted by Gasteiger charge is -2.28. The van der Waals surface area contributed by atoms with Gasteiger partial charge in [-0.15, -0.1) is 0 Å². The van der Waals surface area contributed by atoms with Crippen LogP contribution in [0.1, 0.15) is 40.0 Å². The van der Waals surface area contributed by atoms with Gasteiger partial charge in [-0.1, -0.05) is 13.3 Å². The maximum absolute atomic E-state index is 5.35. The van der Waals surface area contributed by atoms with Gasteiger partial charge in [0.15, 0.2) is 0 Å². The molecule has 16 heavy (non-hydrogen) atoms. The first-order valence-electron chi connectivity index (χ1n) is 6.78. The highest BCUT2D eigenvalue weighted by Gasteiger charge is 2.12. The fourth-order valence-corrected chi connectivity index (χ4v) is 2.29. The fourth-order valence-electron chi connectivity index (χ4n) is 2.29.